The summed E-state index contributed by atoms with van der Waals surface area (Å²) < 4.78 is 43.1. The van der Waals surface area contributed by atoms with Crippen LogP contribution in [0.15, 0.2) is 59.9 Å². The molecule has 53 heavy (non-hydrogen) atoms. The number of amides is 1. The van der Waals surface area contributed by atoms with Crippen molar-refractivity contribution < 1.29 is 22.4 Å². The van der Waals surface area contributed by atoms with Gasteiger partial charge in [0.1, 0.15) is 23.3 Å². The summed E-state index contributed by atoms with van der Waals surface area (Å²) in [7, 11) is 1.41. The second-order valence-electron chi connectivity index (χ2n) is 14.4. The van der Waals surface area contributed by atoms with Crippen LogP contribution in [0.25, 0.3) is 10.9 Å². The average molecular weight is 745 g/mol. The Balaban J connectivity index is 1.08. The van der Waals surface area contributed by atoms with Crippen LogP contribution in [0, 0.1) is 24.1 Å². The number of Topliss-reactive ketones (excluding diaryl/α,β-unsaturated/α-hetero) is 1. The average Bonchev–Trinajstić information content (AvgIpc) is 3.52. The molecule has 0 radical (unpaired) electrons. The minimum absolute atomic E-state index is 0.110. The summed E-state index contributed by atoms with van der Waals surface area (Å²) in [5.41, 5.74) is 5.60. The smallest absolute Gasteiger partial charge is 0.255 e. The summed E-state index contributed by atoms with van der Waals surface area (Å²) in [5, 5.41) is 17.5. The van der Waals surface area contributed by atoms with Crippen molar-refractivity contribution >= 4 is 38.3 Å². The van der Waals surface area contributed by atoms with Crippen molar-refractivity contribution in [3.8, 4) is 6.07 Å². The number of nitrogens with one attached hydrogen (secondary N) is 3. The molecule has 0 atom stereocenters. The molecule has 282 valence electrons. The van der Waals surface area contributed by atoms with Gasteiger partial charge in [-0.05, 0) is 100 Å². The van der Waals surface area contributed by atoms with Crippen molar-refractivity contribution in [2.75, 3.05) is 59.2 Å². The molecule has 2 aromatic carbocycles. The summed E-state index contributed by atoms with van der Waals surface area (Å²) in [4.78, 5) is 32.0. The van der Waals surface area contributed by atoms with Crippen LogP contribution in [-0.4, -0.2) is 105 Å². The monoisotopic (exact) mass is 744 g/mol. The predicted molar refractivity (Wildman–Crippen MR) is 204 cm³/mol. The number of ketones is 1. The maximum atomic E-state index is 14.1. The van der Waals surface area contributed by atoms with E-state index in [1.54, 1.807) is 14.1 Å². The number of hydrogen-bond donors (Lipinski definition) is 3. The first-order valence-electron chi connectivity index (χ1n) is 18.3. The number of fused-ring (bicyclic) bond motifs is 1. The van der Waals surface area contributed by atoms with Crippen molar-refractivity contribution in [1.82, 2.24) is 29.3 Å². The molecule has 6 rings (SSSR count). The van der Waals surface area contributed by atoms with E-state index in [4.69, 9.17) is 0 Å². The van der Waals surface area contributed by atoms with Gasteiger partial charge in [-0.2, -0.15) is 5.26 Å². The topological polar surface area (TPSA) is 143 Å². The van der Waals surface area contributed by atoms with Gasteiger partial charge in [0.05, 0.1) is 22.2 Å². The molecular formula is C39H49FN8O4S. The Morgan fingerprint density at radius 1 is 1.02 bits per heavy atom. The molecule has 1 aromatic heterocycles. The van der Waals surface area contributed by atoms with Gasteiger partial charge in [0.25, 0.3) is 5.91 Å². The number of carbonyl (C=O) groups is 2. The van der Waals surface area contributed by atoms with E-state index >= 15 is 0 Å². The Hall–Kier alpha value is -4.55. The zero-order chi connectivity index (χ0) is 37.9. The molecule has 3 aromatic rings. The maximum Gasteiger partial charge on any atom is 0.255 e. The van der Waals surface area contributed by atoms with Crippen LogP contribution in [0.2, 0.25) is 0 Å². The molecule has 12 nitrogen and oxygen atoms in total. The minimum Gasteiger partial charge on any atom is -0.380 e. The number of carbonyl (C=O) groups excluding carboxylic acids is 2. The van der Waals surface area contributed by atoms with E-state index in [2.05, 4.69) is 54.8 Å². The highest BCUT2D eigenvalue weighted by Gasteiger charge is 2.29. The van der Waals surface area contributed by atoms with Crippen LogP contribution in [0.1, 0.15) is 59.3 Å². The Kier molecular flexibility index (Phi) is 11.7. The zero-order valence-electron chi connectivity index (χ0n) is 30.9. The molecule has 1 aliphatic carbocycles. The third kappa shape index (κ3) is 8.49. The molecule has 3 N–H and O–H groups in total. The van der Waals surface area contributed by atoms with Gasteiger partial charge < -0.3 is 25.0 Å². The van der Waals surface area contributed by atoms with E-state index in [0.717, 1.165) is 55.5 Å². The van der Waals surface area contributed by atoms with Crippen molar-refractivity contribution in [1.29, 1.82) is 5.26 Å². The summed E-state index contributed by atoms with van der Waals surface area (Å²) in [6.07, 6.45) is 6.89. The molecule has 2 fully saturated rings. The number of halogens is 1. The van der Waals surface area contributed by atoms with Gasteiger partial charge in [0.2, 0.25) is 10.0 Å². The Morgan fingerprint density at radius 3 is 2.42 bits per heavy atom. The summed E-state index contributed by atoms with van der Waals surface area (Å²) in [6.45, 7) is 7.45. The highest BCUT2D eigenvalue weighted by Crippen LogP contribution is 2.29. The zero-order valence-corrected chi connectivity index (χ0v) is 31.7. The molecule has 2 aliphatic heterocycles. The van der Waals surface area contributed by atoms with E-state index in [-0.39, 0.29) is 35.0 Å². The molecule has 0 spiro atoms. The summed E-state index contributed by atoms with van der Waals surface area (Å²) in [5.74, 6) is -0.997. The number of nitrogens with zero attached hydrogens (tertiary/aromatic N) is 5. The van der Waals surface area contributed by atoms with Crippen LogP contribution in [-0.2, 0) is 27.9 Å². The van der Waals surface area contributed by atoms with Gasteiger partial charge in [0, 0.05) is 70.2 Å². The van der Waals surface area contributed by atoms with Gasteiger partial charge >= 0.3 is 0 Å². The number of nitriles is 1. The Bertz CT molecular complexity index is 2090. The number of piperidine rings is 2. The first kappa shape index (κ1) is 38.2. The molecule has 0 unspecified atom stereocenters. The summed E-state index contributed by atoms with van der Waals surface area (Å²) >= 11 is 0. The molecule has 2 saturated heterocycles. The lowest BCUT2D eigenvalue weighted by Crippen LogP contribution is -2.43. The number of rotatable bonds is 12. The van der Waals surface area contributed by atoms with Gasteiger partial charge in [-0.15, -0.1) is 0 Å². The molecule has 1 amide bonds. The number of anilines is 1. The predicted octanol–water partition coefficient (Wildman–Crippen LogP) is 4.08. The molecular weight excluding hydrogens is 696 g/mol. The van der Waals surface area contributed by atoms with Gasteiger partial charge in [-0.1, -0.05) is 12.1 Å². The van der Waals surface area contributed by atoms with Gasteiger partial charge in [-0.25, -0.2) is 17.5 Å². The molecule has 14 heteroatoms. The van der Waals surface area contributed by atoms with Crippen LogP contribution in [0.3, 0.4) is 0 Å². The first-order chi connectivity index (χ1) is 25.4. The van der Waals surface area contributed by atoms with Crippen LogP contribution >= 0.6 is 0 Å². The fraction of sp³-hybridized carbons (Fsp3) is 0.462. The lowest BCUT2D eigenvalue weighted by Gasteiger charge is -2.34. The van der Waals surface area contributed by atoms with Gasteiger partial charge in [-0.3, -0.25) is 14.5 Å². The molecule has 0 saturated carbocycles. The van der Waals surface area contributed by atoms with Gasteiger partial charge in [0.15, 0.2) is 5.78 Å². The van der Waals surface area contributed by atoms with Crippen molar-refractivity contribution in [3.05, 3.63) is 88.1 Å². The third-order valence-corrected chi connectivity index (χ3v) is 12.8. The molecule has 3 aliphatic rings. The van der Waals surface area contributed by atoms with E-state index in [9.17, 15) is 27.7 Å². The lowest BCUT2D eigenvalue weighted by molar-refractivity contribution is -0.114. The Labute approximate surface area is 311 Å². The van der Waals surface area contributed by atoms with Crippen LogP contribution in [0.5, 0.6) is 0 Å². The van der Waals surface area contributed by atoms with Crippen LogP contribution < -0.4 is 15.4 Å². The van der Waals surface area contributed by atoms with E-state index in [1.165, 1.54) is 35.7 Å². The largest absolute Gasteiger partial charge is 0.380 e. The summed E-state index contributed by atoms with van der Waals surface area (Å²) in [6, 6.07) is 12.7. The standard InChI is InChI=1S/C39H49FN8O4S/c1-26-27(8-11-36-32(26)23-30(24-41)48(36)21-20-46-18-14-31(15-19-46)53(51,52)42-2)25-47-16-12-29(13-17-47)43-35-6-5-7-37(49)38(35)44-34-10-9-28(40)22-33(34)39(50)45(3)4/h5-6,8-11,22-23,29,31,42-44H,7,12-21,25H2,1-4H3. The second-order valence-corrected chi connectivity index (χ2v) is 16.6. The molecule has 0 bridgehead atoms. The van der Waals surface area contributed by atoms with E-state index in [0.29, 0.717) is 55.3 Å². The second kappa shape index (κ2) is 16.2. The first-order valence-corrected chi connectivity index (χ1v) is 19.8. The van der Waals surface area contributed by atoms with Crippen molar-refractivity contribution in [2.24, 2.45) is 0 Å². The number of benzene rings is 2. The fourth-order valence-electron chi connectivity index (χ4n) is 7.63. The Morgan fingerprint density at radius 2 is 1.74 bits per heavy atom. The minimum atomic E-state index is -3.26. The number of aryl methyl sites for hydroxylation is 1. The van der Waals surface area contributed by atoms with Crippen molar-refractivity contribution in [3.63, 3.8) is 0 Å². The third-order valence-electron chi connectivity index (χ3n) is 10.8. The number of sulfonamides is 1. The number of allylic oxidation sites excluding steroid dienone is 3. The number of likely N-dealkylation sites (tertiary alicyclic amines) is 2. The number of hydrogen-bond acceptors (Lipinski definition) is 9. The van der Waals surface area contributed by atoms with E-state index < -0.39 is 15.8 Å². The number of aromatic nitrogens is 1. The van der Waals surface area contributed by atoms with E-state index in [1.807, 2.05) is 18.2 Å². The maximum absolute atomic E-state index is 14.1. The van der Waals surface area contributed by atoms with Crippen LogP contribution in [0.4, 0.5) is 10.1 Å². The fourth-order valence-corrected chi connectivity index (χ4v) is 8.79. The molecule has 3 heterocycles. The van der Waals surface area contributed by atoms with Crippen molar-refractivity contribution in [2.45, 2.75) is 63.4 Å². The normalized spacial score (nSPS) is 18.1. The lowest BCUT2D eigenvalue weighted by atomic mass is 9.99. The SMILES string of the molecule is CNS(=O)(=O)C1CCN(CCn2c(C#N)cc3c(C)c(CN4CCC(NC5=C(Nc6ccc(F)cc6C(=O)N(C)C)C(=O)CC=C5)CC4)ccc32)CC1. The highest BCUT2D eigenvalue weighted by atomic mass is 32.2. The highest BCUT2D eigenvalue weighted by molar-refractivity contribution is 7.90. The quantitative estimate of drug-likeness (QED) is 0.250.